The van der Waals surface area contributed by atoms with Crippen LogP contribution in [0, 0.1) is 0 Å². The molecule has 4 aromatic heterocycles. The average molecular weight is 499 g/mol. The van der Waals surface area contributed by atoms with Crippen LogP contribution in [0.4, 0.5) is 0 Å². The minimum Gasteiger partial charge on any atom is -0.308 e. The first kappa shape index (κ1) is 21.7. The highest BCUT2D eigenvalue weighted by Gasteiger charge is 2.16. The molecule has 4 nitrogen and oxygen atoms in total. The van der Waals surface area contributed by atoms with Crippen LogP contribution in [0.2, 0.25) is 0 Å². The molecule has 0 aliphatic carbocycles. The molecule has 4 aromatic carbocycles. The maximum atomic E-state index is 4.81. The van der Waals surface area contributed by atoms with Crippen molar-refractivity contribution in [1.82, 2.24) is 19.5 Å². The lowest BCUT2D eigenvalue weighted by Crippen LogP contribution is -1.96. The van der Waals surface area contributed by atoms with Gasteiger partial charge in [0, 0.05) is 34.1 Å². The minimum atomic E-state index is 0.857. The second kappa shape index (κ2) is 8.61. The van der Waals surface area contributed by atoms with Crippen molar-refractivity contribution in [3.05, 3.63) is 134 Å². The molecule has 0 saturated carbocycles. The summed E-state index contributed by atoms with van der Waals surface area (Å²) in [4.78, 5) is 14.0. The van der Waals surface area contributed by atoms with Crippen LogP contribution < -0.4 is 0 Å². The van der Waals surface area contributed by atoms with Crippen LogP contribution in [0.25, 0.3) is 71.7 Å². The normalized spacial score (nSPS) is 11.6. The van der Waals surface area contributed by atoms with Crippen molar-refractivity contribution in [2.45, 2.75) is 0 Å². The van der Waals surface area contributed by atoms with Gasteiger partial charge in [0.25, 0.3) is 0 Å². The average Bonchev–Trinajstić information content (AvgIpc) is 3.35. The lowest BCUT2D eigenvalue weighted by Gasteiger charge is -2.09. The van der Waals surface area contributed by atoms with Gasteiger partial charge in [-0.3, -0.25) is 15.0 Å². The highest BCUT2D eigenvalue weighted by molar-refractivity contribution is 6.21. The molecule has 0 atom stereocenters. The number of hydrogen-bond donors (Lipinski definition) is 0. The van der Waals surface area contributed by atoms with Gasteiger partial charge in [-0.25, -0.2) is 0 Å². The number of pyridine rings is 3. The van der Waals surface area contributed by atoms with Gasteiger partial charge in [0.05, 0.1) is 40.0 Å². The van der Waals surface area contributed by atoms with E-state index in [0.29, 0.717) is 0 Å². The molecule has 0 aliphatic heterocycles. The zero-order valence-electron chi connectivity index (χ0n) is 21.0. The number of hydrogen-bond acceptors (Lipinski definition) is 3. The van der Waals surface area contributed by atoms with Gasteiger partial charge in [-0.15, -0.1) is 0 Å². The molecule has 4 heteroatoms. The molecule has 182 valence electrons. The third-order valence-corrected chi connectivity index (χ3v) is 7.51. The predicted octanol–water partition coefficient (Wildman–Crippen LogP) is 8.61. The van der Waals surface area contributed by atoms with Crippen LogP contribution in [-0.2, 0) is 0 Å². The number of aromatic nitrogens is 4. The fraction of sp³-hybridized carbons (Fsp3) is 0. The van der Waals surface area contributed by atoms with Crippen molar-refractivity contribution in [3.8, 4) is 28.3 Å². The largest absolute Gasteiger partial charge is 0.308 e. The van der Waals surface area contributed by atoms with Gasteiger partial charge in [-0.05, 0) is 64.7 Å². The summed E-state index contributed by atoms with van der Waals surface area (Å²) in [5, 5.41) is 7.23. The van der Waals surface area contributed by atoms with Gasteiger partial charge >= 0.3 is 0 Å². The van der Waals surface area contributed by atoms with Crippen molar-refractivity contribution in [1.29, 1.82) is 0 Å². The smallest absolute Gasteiger partial charge is 0.0887 e. The number of benzene rings is 4. The van der Waals surface area contributed by atoms with Crippen LogP contribution in [0.15, 0.2) is 134 Å². The van der Waals surface area contributed by atoms with E-state index in [4.69, 9.17) is 9.97 Å². The first-order chi connectivity index (χ1) is 19.3. The summed E-state index contributed by atoms with van der Waals surface area (Å²) in [5.74, 6) is 0. The van der Waals surface area contributed by atoms with Gasteiger partial charge in [-0.2, -0.15) is 0 Å². The van der Waals surface area contributed by atoms with Crippen molar-refractivity contribution in [3.63, 3.8) is 0 Å². The Morgan fingerprint density at radius 2 is 1.23 bits per heavy atom. The van der Waals surface area contributed by atoms with Crippen molar-refractivity contribution in [2.24, 2.45) is 0 Å². The minimum absolute atomic E-state index is 0.857. The summed E-state index contributed by atoms with van der Waals surface area (Å²) in [6.07, 6.45) is 5.70. The summed E-state index contributed by atoms with van der Waals surface area (Å²) in [6.45, 7) is 0. The zero-order chi connectivity index (χ0) is 25.8. The molecule has 0 unspecified atom stereocenters. The Bertz CT molecular complexity index is 2160. The summed E-state index contributed by atoms with van der Waals surface area (Å²) in [6, 6.07) is 40.3. The van der Waals surface area contributed by atoms with E-state index in [9.17, 15) is 0 Å². The van der Waals surface area contributed by atoms with E-state index < -0.39 is 0 Å². The number of fused-ring (bicyclic) bond motifs is 6. The Hall–Kier alpha value is -5.35. The van der Waals surface area contributed by atoms with Crippen molar-refractivity contribution in [2.75, 3.05) is 0 Å². The first-order valence-corrected chi connectivity index (χ1v) is 13.0. The van der Waals surface area contributed by atoms with Crippen molar-refractivity contribution < 1.29 is 0 Å². The van der Waals surface area contributed by atoms with Gasteiger partial charge in [-0.1, -0.05) is 66.7 Å². The second-order valence-corrected chi connectivity index (χ2v) is 9.78. The van der Waals surface area contributed by atoms with E-state index in [-0.39, 0.29) is 0 Å². The molecule has 0 spiro atoms. The predicted molar refractivity (Wildman–Crippen MR) is 160 cm³/mol. The Balaban J connectivity index is 1.38. The summed E-state index contributed by atoms with van der Waals surface area (Å²) in [5.41, 5.74) is 7.10. The Morgan fingerprint density at radius 1 is 0.462 bits per heavy atom. The second-order valence-electron chi connectivity index (χ2n) is 9.78. The maximum absolute atomic E-state index is 4.81. The molecular formula is C35H22N4. The van der Waals surface area contributed by atoms with Gasteiger partial charge in [0.1, 0.15) is 0 Å². The zero-order valence-corrected chi connectivity index (χ0v) is 21.0. The van der Waals surface area contributed by atoms with Crippen LogP contribution in [0.1, 0.15) is 0 Å². The third-order valence-electron chi connectivity index (χ3n) is 7.51. The highest BCUT2D eigenvalue weighted by Crippen LogP contribution is 2.38. The van der Waals surface area contributed by atoms with Crippen LogP contribution in [-0.4, -0.2) is 19.5 Å². The molecule has 0 N–H and O–H groups in total. The van der Waals surface area contributed by atoms with E-state index in [2.05, 4.69) is 94.5 Å². The molecule has 39 heavy (non-hydrogen) atoms. The molecule has 0 amide bonds. The molecular weight excluding hydrogens is 476 g/mol. The van der Waals surface area contributed by atoms with E-state index in [1.807, 2.05) is 42.7 Å². The van der Waals surface area contributed by atoms with Crippen LogP contribution >= 0.6 is 0 Å². The Morgan fingerprint density at radius 3 is 2.08 bits per heavy atom. The quantitative estimate of drug-likeness (QED) is 0.245. The van der Waals surface area contributed by atoms with E-state index in [1.165, 1.54) is 26.9 Å². The highest BCUT2D eigenvalue weighted by atomic mass is 15.0. The molecule has 0 bridgehead atoms. The maximum Gasteiger partial charge on any atom is 0.0887 e. The number of nitrogens with zero attached hydrogens (tertiary/aromatic N) is 4. The van der Waals surface area contributed by atoms with Gasteiger partial charge in [0.2, 0.25) is 0 Å². The first-order valence-electron chi connectivity index (χ1n) is 13.0. The van der Waals surface area contributed by atoms with E-state index in [0.717, 1.165) is 44.8 Å². The topological polar surface area (TPSA) is 43.6 Å². The van der Waals surface area contributed by atoms with Gasteiger partial charge in [0.15, 0.2) is 0 Å². The molecule has 0 saturated heterocycles. The third kappa shape index (κ3) is 3.50. The van der Waals surface area contributed by atoms with Gasteiger partial charge < -0.3 is 4.57 Å². The Labute approximate surface area is 224 Å². The number of rotatable bonds is 3. The molecule has 4 heterocycles. The molecule has 8 aromatic rings. The standard InChI is InChI=1S/C35H22N4/c1-2-9-26-21-37-32(20-24(26)8-1)25-13-16-33-29(19-25)35-28-10-4-3-7-23(28)12-17-34(35)39(33)27-14-15-31(38-22-27)30-11-5-6-18-36-30/h1-22H. The lowest BCUT2D eigenvalue weighted by atomic mass is 10.0. The lowest BCUT2D eigenvalue weighted by molar-refractivity contribution is 1.14. The molecule has 0 fully saturated rings. The summed E-state index contributed by atoms with van der Waals surface area (Å²) in [7, 11) is 0. The van der Waals surface area contributed by atoms with Crippen LogP contribution in [0.3, 0.4) is 0 Å². The SMILES string of the molecule is c1ccc(-c2ccc(-n3c4ccc(-c5cc6ccccc6cn5)cc4c4c5ccccc5ccc43)cn2)nc1. The van der Waals surface area contributed by atoms with Crippen LogP contribution in [0.5, 0.6) is 0 Å². The molecule has 8 rings (SSSR count). The molecule has 0 aliphatic rings. The van der Waals surface area contributed by atoms with E-state index in [1.54, 1.807) is 6.20 Å². The Kier molecular flexibility index (Phi) is 4.79. The summed E-state index contributed by atoms with van der Waals surface area (Å²) >= 11 is 0. The fourth-order valence-electron chi connectivity index (χ4n) is 5.65. The summed E-state index contributed by atoms with van der Waals surface area (Å²) < 4.78 is 2.31. The fourth-order valence-corrected chi connectivity index (χ4v) is 5.65. The molecule has 0 radical (unpaired) electrons. The van der Waals surface area contributed by atoms with Crippen molar-refractivity contribution >= 4 is 43.4 Å². The van der Waals surface area contributed by atoms with E-state index >= 15 is 0 Å². The monoisotopic (exact) mass is 498 g/mol.